The van der Waals surface area contributed by atoms with E-state index in [1.807, 2.05) is 6.92 Å². The first kappa shape index (κ1) is 15.0. The number of rotatable bonds is 5. The van der Waals surface area contributed by atoms with Crippen LogP contribution in [0.25, 0.3) is 0 Å². The van der Waals surface area contributed by atoms with Gasteiger partial charge in [-0.15, -0.1) is 0 Å². The van der Waals surface area contributed by atoms with Crippen LogP contribution in [0.3, 0.4) is 0 Å². The van der Waals surface area contributed by atoms with E-state index in [2.05, 4.69) is 21.0 Å². The molecule has 2 heterocycles. The molecule has 0 spiro atoms. The number of carboxylic acids is 1. The SMILES string of the molecule is CCc1nn(C)c(CS(=O)c2ccc(C(=O)O)o2)c1Br. The van der Waals surface area contributed by atoms with Gasteiger partial charge in [0.25, 0.3) is 0 Å². The Hall–Kier alpha value is -1.41. The maximum absolute atomic E-state index is 12.2. The highest BCUT2D eigenvalue weighted by Gasteiger charge is 2.19. The largest absolute Gasteiger partial charge is 0.475 e. The number of carbonyl (C=O) groups is 1. The Labute approximate surface area is 126 Å². The van der Waals surface area contributed by atoms with Crippen molar-refractivity contribution in [2.75, 3.05) is 0 Å². The zero-order chi connectivity index (χ0) is 14.9. The number of carboxylic acid groups (broad SMARTS) is 1. The lowest BCUT2D eigenvalue weighted by Crippen LogP contribution is -2.03. The van der Waals surface area contributed by atoms with Gasteiger partial charge in [-0.25, -0.2) is 4.79 Å². The van der Waals surface area contributed by atoms with Crippen LogP contribution in [-0.2, 0) is 30.0 Å². The molecule has 2 aromatic rings. The summed E-state index contributed by atoms with van der Waals surface area (Å²) in [6.45, 7) is 1.99. The number of halogens is 1. The smallest absolute Gasteiger partial charge is 0.371 e. The third-order valence-corrected chi connectivity index (χ3v) is 4.91. The van der Waals surface area contributed by atoms with Crippen LogP contribution < -0.4 is 0 Å². The molecule has 108 valence electrons. The highest BCUT2D eigenvalue weighted by molar-refractivity contribution is 9.10. The summed E-state index contributed by atoms with van der Waals surface area (Å²) in [6, 6.07) is 2.72. The maximum Gasteiger partial charge on any atom is 0.371 e. The fraction of sp³-hybridized carbons (Fsp3) is 0.333. The van der Waals surface area contributed by atoms with Gasteiger partial charge >= 0.3 is 5.97 Å². The molecule has 0 saturated heterocycles. The summed E-state index contributed by atoms with van der Waals surface area (Å²) in [5, 5.41) is 13.2. The van der Waals surface area contributed by atoms with Gasteiger partial charge in [0.2, 0.25) is 5.76 Å². The highest BCUT2D eigenvalue weighted by atomic mass is 79.9. The third-order valence-electron chi connectivity index (χ3n) is 2.79. The average Bonchev–Trinajstić information content (AvgIpc) is 2.98. The second kappa shape index (κ2) is 5.92. The van der Waals surface area contributed by atoms with Gasteiger partial charge in [0.05, 0.1) is 32.4 Å². The number of hydrogen-bond acceptors (Lipinski definition) is 4. The van der Waals surface area contributed by atoms with Crippen LogP contribution in [0.5, 0.6) is 0 Å². The Morgan fingerprint density at radius 2 is 2.25 bits per heavy atom. The van der Waals surface area contributed by atoms with Crippen molar-refractivity contribution >= 4 is 32.7 Å². The lowest BCUT2D eigenvalue weighted by molar-refractivity contribution is 0.0656. The first-order valence-corrected chi connectivity index (χ1v) is 7.97. The monoisotopic (exact) mass is 360 g/mol. The van der Waals surface area contributed by atoms with Gasteiger partial charge in [-0.3, -0.25) is 8.89 Å². The quantitative estimate of drug-likeness (QED) is 0.884. The van der Waals surface area contributed by atoms with Gasteiger partial charge in [0, 0.05) is 7.05 Å². The number of nitrogens with zero attached hydrogens (tertiary/aromatic N) is 2. The highest BCUT2D eigenvalue weighted by Crippen LogP contribution is 2.24. The van der Waals surface area contributed by atoms with Crippen LogP contribution in [0.15, 0.2) is 26.1 Å². The standard InChI is InChI=1S/C12H13BrN2O4S/c1-3-7-11(13)8(15(2)14-7)6-20(18)10-5-4-9(19-10)12(16)17/h4-5H,3,6H2,1-2H3,(H,16,17). The summed E-state index contributed by atoms with van der Waals surface area (Å²) in [4.78, 5) is 10.7. The Bertz CT molecular complexity index is 677. The second-order valence-corrected chi connectivity index (χ2v) is 6.27. The van der Waals surface area contributed by atoms with E-state index in [1.165, 1.54) is 12.1 Å². The minimum absolute atomic E-state index is 0.147. The van der Waals surface area contributed by atoms with Crippen LogP contribution >= 0.6 is 15.9 Å². The van der Waals surface area contributed by atoms with E-state index >= 15 is 0 Å². The number of hydrogen-bond donors (Lipinski definition) is 1. The molecule has 0 fully saturated rings. The molecule has 0 saturated carbocycles. The summed E-state index contributed by atoms with van der Waals surface area (Å²) >= 11 is 3.45. The van der Waals surface area contributed by atoms with E-state index in [-0.39, 0.29) is 16.6 Å². The second-order valence-electron chi connectivity index (χ2n) is 4.10. The van der Waals surface area contributed by atoms with Gasteiger partial charge in [0.1, 0.15) is 0 Å². The molecule has 1 unspecified atom stereocenters. The predicted molar refractivity (Wildman–Crippen MR) is 76.1 cm³/mol. The van der Waals surface area contributed by atoms with Crippen LogP contribution in [0.4, 0.5) is 0 Å². The van der Waals surface area contributed by atoms with Crippen LogP contribution in [0.2, 0.25) is 0 Å². The molecule has 0 aliphatic carbocycles. The number of aryl methyl sites for hydroxylation is 2. The predicted octanol–water partition coefficient (Wildman–Crippen LogP) is 2.34. The van der Waals surface area contributed by atoms with Crippen LogP contribution in [0.1, 0.15) is 28.9 Å². The minimum Gasteiger partial charge on any atom is -0.475 e. The molecule has 0 aliphatic rings. The molecule has 6 nitrogen and oxygen atoms in total. The van der Waals surface area contributed by atoms with Gasteiger partial charge in [0.15, 0.2) is 5.09 Å². The Balaban J connectivity index is 2.23. The maximum atomic E-state index is 12.2. The van der Waals surface area contributed by atoms with E-state index in [1.54, 1.807) is 11.7 Å². The molecule has 8 heteroatoms. The van der Waals surface area contributed by atoms with Crippen molar-refractivity contribution in [2.24, 2.45) is 7.05 Å². The lowest BCUT2D eigenvalue weighted by Gasteiger charge is -2.01. The molecule has 0 radical (unpaired) electrons. The molecule has 1 N–H and O–H groups in total. The zero-order valence-corrected chi connectivity index (χ0v) is 13.3. The molecule has 0 aliphatic heterocycles. The van der Waals surface area contributed by atoms with Crippen molar-refractivity contribution in [1.82, 2.24) is 9.78 Å². The van der Waals surface area contributed by atoms with Crippen molar-refractivity contribution < 1.29 is 18.5 Å². The summed E-state index contributed by atoms with van der Waals surface area (Å²) in [6.07, 6.45) is 0.769. The Morgan fingerprint density at radius 1 is 1.55 bits per heavy atom. The van der Waals surface area contributed by atoms with Gasteiger partial charge in [-0.05, 0) is 34.5 Å². The molecule has 0 aromatic carbocycles. The molecule has 2 rings (SSSR count). The fourth-order valence-electron chi connectivity index (χ4n) is 1.73. The van der Waals surface area contributed by atoms with Crippen molar-refractivity contribution in [3.05, 3.63) is 33.8 Å². The summed E-state index contributed by atoms with van der Waals surface area (Å²) < 4.78 is 19.8. The summed E-state index contributed by atoms with van der Waals surface area (Å²) in [7, 11) is 0.319. The third kappa shape index (κ3) is 2.85. The van der Waals surface area contributed by atoms with E-state index in [4.69, 9.17) is 9.52 Å². The molecule has 20 heavy (non-hydrogen) atoms. The minimum atomic E-state index is -1.46. The van der Waals surface area contributed by atoms with Crippen molar-refractivity contribution in [2.45, 2.75) is 24.2 Å². The fourth-order valence-corrected chi connectivity index (χ4v) is 3.80. The lowest BCUT2D eigenvalue weighted by atomic mass is 10.3. The number of furan rings is 1. The summed E-state index contributed by atoms with van der Waals surface area (Å²) in [5.41, 5.74) is 1.68. The number of aromatic carboxylic acids is 1. The van der Waals surface area contributed by atoms with Crippen LogP contribution in [0, 0.1) is 0 Å². The molecule has 0 amide bonds. The van der Waals surface area contributed by atoms with Crippen molar-refractivity contribution in [3.8, 4) is 0 Å². The van der Waals surface area contributed by atoms with E-state index in [9.17, 15) is 9.00 Å². The Kier molecular flexibility index (Phi) is 4.44. The Morgan fingerprint density at radius 3 is 2.75 bits per heavy atom. The molecule has 0 bridgehead atoms. The van der Waals surface area contributed by atoms with E-state index < -0.39 is 16.8 Å². The van der Waals surface area contributed by atoms with E-state index in [0.717, 1.165) is 22.3 Å². The van der Waals surface area contributed by atoms with Crippen molar-refractivity contribution in [1.29, 1.82) is 0 Å². The first-order chi connectivity index (χ1) is 9.43. The zero-order valence-electron chi connectivity index (χ0n) is 10.9. The normalized spacial score (nSPS) is 12.6. The van der Waals surface area contributed by atoms with Crippen LogP contribution in [-0.4, -0.2) is 25.1 Å². The van der Waals surface area contributed by atoms with E-state index in [0.29, 0.717) is 0 Å². The summed E-state index contributed by atoms with van der Waals surface area (Å²) in [5.74, 6) is -1.19. The molecular formula is C12H13BrN2O4S. The molecule has 1 atom stereocenters. The van der Waals surface area contributed by atoms with Crippen molar-refractivity contribution in [3.63, 3.8) is 0 Å². The van der Waals surface area contributed by atoms with Gasteiger partial charge in [-0.2, -0.15) is 5.10 Å². The van der Waals surface area contributed by atoms with Gasteiger partial charge < -0.3 is 9.52 Å². The topological polar surface area (TPSA) is 85.3 Å². The molecular weight excluding hydrogens is 348 g/mol. The number of aromatic nitrogens is 2. The first-order valence-electron chi connectivity index (χ1n) is 5.85. The molecule has 2 aromatic heterocycles. The average molecular weight is 361 g/mol. The van der Waals surface area contributed by atoms with Gasteiger partial charge in [-0.1, -0.05) is 6.92 Å².